The van der Waals surface area contributed by atoms with Gasteiger partial charge in [-0.1, -0.05) is 57.9 Å². The van der Waals surface area contributed by atoms with E-state index < -0.39 is 28.4 Å². The van der Waals surface area contributed by atoms with Crippen molar-refractivity contribution in [3.8, 4) is 0 Å². The third-order valence-corrected chi connectivity index (χ3v) is 7.19. The van der Waals surface area contributed by atoms with Crippen molar-refractivity contribution in [2.75, 3.05) is 19.0 Å². The van der Waals surface area contributed by atoms with E-state index in [9.17, 15) is 18.0 Å². The molecule has 1 amide bonds. The van der Waals surface area contributed by atoms with E-state index in [0.717, 1.165) is 19.9 Å². The summed E-state index contributed by atoms with van der Waals surface area (Å²) in [6.45, 7) is 1.42. The number of carbonyl (C=O) groups excluding carboxylic acids is 2. The van der Waals surface area contributed by atoms with Crippen molar-refractivity contribution in [3.05, 3.63) is 94.0 Å². The van der Waals surface area contributed by atoms with Crippen molar-refractivity contribution in [1.82, 2.24) is 4.31 Å². The van der Waals surface area contributed by atoms with Gasteiger partial charge >= 0.3 is 5.97 Å². The topological polar surface area (TPSA) is 92.8 Å². The van der Waals surface area contributed by atoms with Gasteiger partial charge in [0.2, 0.25) is 15.9 Å². The van der Waals surface area contributed by atoms with Gasteiger partial charge in [0.25, 0.3) is 0 Å². The van der Waals surface area contributed by atoms with Crippen LogP contribution in [0.2, 0.25) is 0 Å². The van der Waals surface area contributed by atoms with Crippen LogP contribution >= 0.6 is 15.9 Å². The first-order valence-corrected chi connectivity index (χ1v) is 12.2. The molecule has 0 saturated carbocycles. The third-order valence-electron chi connectivity index (χ3n) is 4.86. The number of esters is 1. The number of aryl methyl sites for hydroxylation is 1. The van der Waals surface area contributed by atoms with E-state index in [1.54, 1.807) is 54.6 Å². The van der Waals surface area contributed by atoms with Crippen LogP contribution in [0.5, 0.6) is 0 Å². The molecule has 0 aliphatic heterocycles. The Kier molecular flexibility index (Phi) is 8.01. The second-order valence-corrected chi connectivity index (χ2v) is 10.2. The molecule has 3 aromatic carbocycles. The second kappa shape index (κ2) is 10.7. The van der Waals surface area contributed by atoms with Crippen LogP contribution in [0.3, 0.4) is 0 Å². The van der Waals surface area contributed by atoms with Crippen molar-refractivity contribution in [2.45, 2.75) is 18.4 Å². The van der Waals surface area contributed by atoms with E-state index in [-0.39, 0.29) is 22.7 Å². The van der Waals surface area contributed by atoms with E-state index in [1.807, 2.05) is 6.92 Å². The molecular weight excluding hydrogens is 508 g/mol. The maximum absolute atomic E-state index is 13.4. The van der Waals surface area contributed by atoms with Gasteiger partial charge in [-0.15, -0.1) is 0 Å². The molecule has 0 aromatic heterocycles. The first kappa shape index (κ1) is 24.6. The number of nitrogens with zero attached hydrogens (tertiary/aromatic N) is 1. The monoisotopic (exact) mass is 530 g/mol. The lowest BCUT2D eigenvalue weighted by Crippen LogP contribution is -2.37. The minimum absolute atomic E-state index is 0.00441. The Morgan fingerprint density at radius 2 is 1.61 bits per heavy atom. The Morgan fingerprint density at radius 3 is 2.24 bits per heavy atom. The van der Waals surface area contributed by atoms with Crippen molar-refractivity contribution in [3.63, 3.8) is 0 Å². The number of amides is 1. The molecule has 0 spiro atoms. The molecular formula is C24H23BrN2O5S. The summed E-state index contributed by atoms with van der Waals surface area (Å²) in [5.74, 6) is -1.19. The Bertz CT molecular complexity index is 1240. The summed E-state index contributed by atoms with van der Waals surface area (Å²) in [7, 11) is -2.73. The molecule has 0 atom stereocenters. The quantitative estimate of drug-likeness (QED) is 0.436. The van der Waals surface area contributed by atoms with E-state index in [1.165, 1.54) is 25.3 Å². The second-order valence-electron chi connectivity index (χ2n) is 7.30. The Morgan fingerprint density at radius 1 is 0.970 bits per heavy atom. The van der Waals surface area contributed by atoms with Crippen LogP contribution in [0.15, 0.2) is 82.2 Å². The lowest BCUT2D eigenvalue weighted by atomic mass is 10.2. The molecule has 0 aliphatic carbocycles. The standard InChI is InChI=1S/C24H23BrN2O5S/c1-17-7-13-20(14-8-17)33(30,31)27(15-18-9-11-19(25)12-10-18)16-23(28)26-22-6-4-3-5-21(22)24(29)32-2/h3-14H,15-16H2,1-2H3,(H,26,28). The number of benzene rings is 3. The average Bonchev–Trinajstić information content (AvgIpc) is 2.80. The number of halogens is 1. The highest BCUT2D eigenvalue weighted by atomic mass is 79.9. The number of nitrogens with one attached hydrogen (secondary N) is 1. The van der Waals surface area contributed by atoms with Crippen LogP contribution < -0.4 is 5.32 Å². The largest absolute Gasteiger partial charge is 0.465 e. The van der Waals surface area contributed by atoms with Gasteiger partial charge in [0.1, 0.15) is 0 Å². The number of anilines is 1. The normalized spacial score (nSPS) is 11.3. The van der Waals surface area contributed by atoms with Crippen LogP contribution in [0.25, 0.3) is 0 Å². The molecule has 0 aliphatic rings. The van der Waals surface area contributed by atoms with Crippen LogP contribution in [-0.4, -0.2) is 38.3 Å². The van der Waals surface area contributed by atoms with Crippen molar-refractivity contribution in [2.24, 2.45) is 0 Å². The van der Waals surface area contributed by atoms with Crippen molar-refractivity contribution in [1.29, 1.82) is 0 Å². The van der Waals surface area contributed by atoms with Gasteiger partial charge in [0, 0.05) is 11.0 Å². The predicted molar refractivity (Wildman–Crippen MR) is 129 cm³/mol. The molecule has 0 heterocycles. The molecule has 0 bridgehead atoms. The van der Waals surface area contributed by atoms with Crippen molar-refractivity contribution >= 4 is 43.5 Å². The van der Waals surface area contributed by atoms with Gasteiger partial charge in [-0.05, 0) is 48.9 Å². The van der Waals surface area contributed by atoms with E-state index in [0.29, 0.717) is 0 Å². The van der Waals surface area contributed by atoms with Gasteiger partial charge in [-0.3, -0.25) is 4.79 Å². The number of rotatable bonds is 8. The van der Waals surface area contributed by atoms with Gasteiger partial charge in [-0.2, -0.15) is 4.31 Å². The number of hydrogen-bond donors (Lipinski definition) is 1. The number of ether oxygens (including phenoxy) is 1. The predicted octanol–water partition coefficient (Wildman–Crippen LogP) is 4.37. The maximum atomic E-state index is 13.4. The fourth-order valence-corrected chi connectivity index (χ4v) is 4.76. The van der Waals surface area contributed by atoms with Crippen LogP contribution in [0, 0.1) is 6.92 Å². The van der Waals surface area contributed by atoms with Gasteiger partial charge < -0.3 is 10.1 Å². The number of hydrogen-bond acceptors (Lipinski definition) is 5. The lowest BCUT2D eigenvalue weighted by Gasteiger charge is -2.22. The number of methoxy groups -OCH3 is 1. The highest BCUT2D eigenvalue weighted by Gasteiger charge is 2.27. The summed E-state index contributed by atoms with van der Waals surface area (Å²) in [5.41, 5.74) is 2.06. The Labute approximate surface area is 201 Å². The van der Waals surface area contributed by atoms with Crippen LogP contribution in [-0.2, 0) is 26.1 Å². The zero-order valence-electron chi connectivity index (χ0n) is 18.1. The fourth-order valence-electron chi connectivity index (χ4n) is 3.11. The number of carbonyl (C=O) groups is 2. The summed E-state index contributed by atoms with van der Waals surface area (Å²) in [6.07, 6.45) is 0. The molecule has 0 fully saturated rings. The lowest BCUT2D eigenvalue weighted by molar-refractivity contribution is -0.116. The summed E-state index contributed by atoms with van der Waals surface area (Å²) < 4.78 is 33.5. The first-order chi connectivity index (χ1) is 15.7. The van der Waals surface area contributed by atoms with Gasteiger partial charge in [0.05, 0.1) is 29.8 Å². The van der Waals surface area contributed by atoms with Gasteiger partial charge in [0.15, 0.2) is 0 Å². The van der Waals surface area contributed by atoms with E-state index in [2.05, 4.69) is 21.2 Å². The summed E-state index contributed by atoms with van der Waals surface area (Å²) in [4.78, 5) is 25.0. The summed E-state index contributed by atoms with van der Waals surface area (Å²) in [5, 5.41) is 2.63. The highest BCUT2D eigenvalue weighted by Crippen LogP contribution is 2.21. The fraction of sp³-hybridized carbons (Fsp3) is 0.167. The minimum atomic E-state index is -3.98. The molecule has 3 rings (SSSR count). The molecule has 172 valence electrons. The zero-order chi connectivity index (χ0) is 24.0. The molecule has 0 unspecified atom stereocenters. The molecule has 1 N–H and O–H groups in total. The SMILES string of the molecule is COC(=O)c1ccccc1NC(=O)CN(Cc1ccc(Br)cc1)S(=O)(=O)c1ccc(C)cc1. The summed E-state index contributed by atoms with van der Waals surface area (Å²) in [6, 6.07) is 20.0. The smallest absolute Gasteiger partial charge is 0.339 e. The molecule has 3 aromatic rings. The van der Waals surface area contributed by atoms with Crippen LogP contribution in [0.4, 0.5) is 5.69 Å². The van der Waals surface area contributed by atoms with Crippen molar-refractivity contribution < 1.29 is 22.7 Å². The number of para-hydroxylation sites is 1. The van der Waals surface area contributed by atoms with Gasteiger partial charge in [-0.25, -0.2) is 13.2 Å². The molecule has 7 nitrogen and oxygen atoms in total. The van der Waals surface area contributed by atoms with E-state index in [4.69, 9.17) is 4.74 Å². The maximum Gasteiger partial charge on any atom is 0.339 e. The Balaban J connectivity index is 1.89. The molecule has 0 radical (unpaired) electrons. The molecule has 9 heteroatoms. The third kappa shape index (κ3) is 6.28. The number of sulfonamides is 1. The minimum Gasteiger partial charge on any atom is -0.465 e. The zero-order valence-corrected chi connectivity index (χ0v) is 20.5. The molecule has 0 saturated heterocycles. The average molecular weight is 531 g/mol. The van der Waals surface area contributed by atoms with Crippen LogP contribution in [0.1, 0.15) is 21.5 Å². The Hall–Kier alpha value is -3.01. The summed E-state index contributed by atoms with van der Waals surface area (Å²) >= 11 is 3.36. The first-order valence-electron chi connectivity index (χ1n) is 9.99. The highest BCUT2D eigenvalue weighted by molar-refractivity contribution is 9.10. The van der Waals surface area contributed by atoms with E-state index >= 15 is 0 Å². The molecule has 33 heavy (non-hydrogen) atoms.